The van der Waals surface area contributed by atoms with E-state index in [0.29, 0.717) is 16.7 Å². The molecule has 1 N–H and O–H groups in total. The zero-order valence-electron chi connectivity index (χ0n) is 14.8. The molecule has 3 aromatic rings. The Bertz CT molecular complexity index is 984. The van der Waals surface area contributed by atoms with Crippen molar-refractivity contribution in [2.75, 3.05) is 32.1 Å². The van der Waals surface area contributed by atoms with E-state index in [9.17, 15) is 14.9 Å². The number of hydrogen-bond donors (Lipinski definition) is 1. The summed E-state index contributed by atoms with van der Waals surface area (Å²) in [6, 6.07) is 7.82. The standard InChI is InChI=1S/C17H17ClN4O4S/c1-20(2)8-3-9-21(16(23)13-6-7-15(26-13)22(24)25)17-19-12-5-4-11(18)10-14(12)27-17/h4-7,10H,3,8-9H2,1-2H3/p+1. The molecule has 0 aliphatic rings. The van der Waals surface area contributed by atoms with E-state index in [2.05, 4.69) is 4.98 Å². The summed E-state index contributed by atoms with van der Waals surface area (Å²) < 4.78 is 5.95. The van der Waals surface area contributed by atoms with Crippen molar-refractivity contribution in [1.29, 1.82) is 0 Å². The molecule has 8 nitrogen and oxygen atoms in total. The van der Waals surface area contributed by atoms with E-state index in [1.165, 1.54) is 33.3 Å². The second-order valence-corrected chi connectivity index (χ2v) is 7.72. The molecule has 0 spiro atoms. The van der Waals surface area contributed by atoms with E-state index < -0.39 is 16.7 Å². The maximum absolute atomic E-state index is 12.9. The van der Waals surface area contributed by atoms with Crippen molar-refractivity contribution < 1.29 is 19.0 Å². The van der Waals surface area contributed by atoms with Crippen molar-refractivity contribution in [1.82, 2.24) is 4.98 Å². The van der Waals surface area contributed by atoms with Gasteiger partial charge in [-0.25, -0.2) is 4.98 Å². The molecule has 0 atom stereocenters. The number of nitrogens with one attached hydrogen (secondary N) is 1. The number of thiazole rings is 1. The number of rotatable bonds is 7. The molecule has 10 heteroatoms. The number of amides is 1. The predicted molar refractivity (Wildman–Crippen MR) is 104 cm³/mol. The molecule has 0 aliphatic carbocycles. The third kappa shape index (κ3) is 4.44. The quantitative estimate of drug-likeness (QED) is 0.478. The van der Waals surface area contributed by atoms with Crippen LogP contribution in [0, 0.1) is 10.1 Å². The molecule has 3 rings (SSSR count). The summed E-state index contributed by atoms with van der Waals surface area (Å²) in [6.07, 6.45) is 0.744. The molecular formula is C17H18ClN4O4S+. The van der Waals surface area contributed by atoms with Gasteiger partial charge in [0.1, 0.15) is 4.92 Å². The number of carbonyl (C=O) groups is 1. The zero-order chi connectivity index (χ0) is 19.6. The molecule has 0 saturated carbocycles. The number of furan rings is 1. The summed E-state index contributed by atoms with van der Waals surface area (Å²) in [6.45, 7) is 1.28. The van der Waals surface area contributed by atoms with Crippen LogP contribution in [0.15, 0.2) is 34.7 Å². The van der Waals surface area contributed by atoms with Gasteiger partial charge in [0.2, 0.25) is 0 Å². The number of halogens is 1. The summed E-state index contributed by atoms with van der Waals surface area (Å²) >= 11 is 7.38. The normalized spacial score (nSPS) is 11.3. The molecule has 1 amide bonds. The lowest BCUT2D eigenvalue weighted by molar-refractivity contribution is -0.858. The van der Waals surface area contributed by atoms with Crippen LogP contribution in [0.3, 0.4) is 0 Å². The highest BCUT2D eigenvalue weighted by atomic mass is 35.5. The highest BCUT2D eigenvalue weighted by molar-refractivity contribution is 7.22. The molecule has 0 radical (unpaired) electrons. The lowest BCUT2D eigenvalue weighted by atomic mass is 10.3. The van der Waals surface area contributed by atoms with Crippen LogP contribution in [0.1, 0.15) is 17.0 Å². The average molecular weight is 410 g/mol. The number of anilines is 1. The van der Waals surface area contributed by atoms with E-state index in [0.717, 1.165) is 23.2 Å². The Hall–Kier alpha value is -2.49. The van der Waals surface area contributed by atoms with Crippen LogP contribution in [0.2, 0.25) is 5.02 Å². The fourth-order valence-electron chi connectivity index (χ4n) is 2.55. The Balaban J connectivity index is 1.93. The Morgan fingerprint density at radius 1 is 1.37 bits per heavy atom. The monoisotopic (exact) mass is 409 g/mol. The van der Waals surface area contributed by atoms with Gasteiger partial charge in [0.15, 0.2) is 10.9 Å². The van der Waals surface area contributed by atoms with Gasteiger partial charge in [0, 0.05) is 18.0 Å². The van der Waals surface area contributed by atoms with Crippen LogP contribution in [0.25, 0.3) is 10.2 Å². The van der Waals surface area contributed by atoms with Gasteiger partial charge in [0.25, 0.3) is 5.91 Å². The number of fused-ring (bicyclic) bond motifs is 1. The third-order valence-corrected chi connectivity index (χ3v) is 5.13. The second kappa shape index (κ2) is 8.03. The van der Waals surface area contributed by atoms with Gasteiger partial charge in [-0.15, -0.1) is 0 Å². The minimum absolute atomic E-state index is 0.0869. The first-order chi connectivity index (χ1) is 12.8. The molecule has 0 unspecified atom stereocenters. The topological polar surface area (TPSA) is 93.9 Å². The summed E-state index contributed by atoms with van der Waals surface area (Å²) in [7, 11) is 4.06. The Kier molecular flexibility index (Phi) is 5.73. The first-order valence-corrected chi connectivity index (χ1v) is 9.46. The molecule has 0 aliphatic heterocycles. The fourth-order valence-corrected chi connectivity index (χ4v) is 3.82. The highest BCUT2D eigenvalue weighted by Crippen LogP contribution is 2.32. The molecule has 2 aromatic heterocycles. The Morgan fingerprint density at radius 3 is 2.81 bits per heavy atom. The molecule has 2 heterocycles. The van der Waals surface area contributed by atoms with Gasteiger partial charge in [-0.05, 0) is 24.3 Å². The lowest BCUT2D eigenvalue weighted by Gasteiger charge is -2.19. The lowest BCUT2D eigenvalue weighted by Crippen LogP contribution is -3.05. The van der Waals surface area contributed by atoms with Crippen molar-refractivity contribution in [3.63, 3.8) is 0 Å². The van der Waals surface area contributed by atoms with Gasteiger partial charge < -0.3 is 9.32 Å². The summed E-state index contributed by atoms with van der Waals surface area (Å²) in [5.74, 6) is -1.01. The zero-order valence-corrected chi connectivity index (χ0v) is 16.3. The molecule has 27 heavy (non-hydrogen) atoms. The summed E-state index contributed by atoms with van der Waals surface area (Å²) in [4.78, 5) is 30.4. The minimum atomic E-state index is -0.670. The number of hydrogen-bond acceptors (Lipinski definition) is 6. The van der Waals surface area contributed by atoms with E-state index >= 15 is 0 Å². The van der Waals surface area contributed by atoms with Gasteiger partial charge in [-0.1, -0.05) is 22.9 Å². The van der Waals surface area contributed by atoms with Gasteiger partial charge in [-0.3, -0.25) is 19.8 Å². The van der Waals surface area contributed by atoms with Crippen molar-refractivity contribution in [3.05, 3.63) is 51.2 Å². The maximum Gasteiger partial charge on any atom is 0.433 e. The smallest absolute Gasteiger partial charge is 0.395 e. The third-order valence-electron chi connectivity index (χ3n) is 3.86. The molecule has 0 fully saturated rings. The van der Waals surface area contributed by atoms with Crippen LogP contribution in [0.5, 0.6) is 0 Å². The number of benzene rings is 1. The van der Waals surface area contributed by atoms with E-state index in [-0.39, 0.29) is 5.76 Å². The predicted octanol–water partition coefficient (Wildman–Crippen LogP) is 2.63. The highest BCUT2D eigenvalue weighted by Gasteiger charge is 2.26. The largest absolute Gasteiger partial charge is 0.433 e. The fraction of sp³-hybridized carbons (Fsp3) is 0.294. The van der Waals surface area contributed by atoms with Gasteiger partial charge >= 0.3 is 5.88 Å². The summed E-state index contributed by atoms with van der Waals surface area (Å²) in [5.41, 5.74) is 0.737. The average Bonchev–Trinajstić information content (AvgIpc) is 3.24. The van der Waals surface area contributed by atoms with E-state index in [4.69, 9.17) is 16.0 Å². The molecule has 0 bridgehead atoms. The second-order valence-electron chi connectivity index (χ2n) is 6.27. The molecule has 142 valence electrons. The number of nitrogens with zero attached hydrogens (tertiary/aromatic N) is 3. The minimum Gasteiger partial charge on any atom is -0.395 e. The number of carbonyl (C=O) groups excluding carboxylic acids is 1. The van der Waals surface area contributed by atoms with Crippen LogP contribution in [-0.4, -0.2) is 43.0 Å². The van der Waals surface area contributed by atoms with Crippen LogP contribution >= 0.6 is 22.9 Å². The Morgan fingerprint density at radius 2 is 2.15 bits per heavy atom. The van der Waals surface area contributed by atoms with Crippen LogP contribution in [0.4, 0.5) is 11.0 Å². The number of quaternary nitrogens is 1. The maximum atomic E-state index is 12.9. The van der Waals surface area contributed by atoms with Crippen LogP contribution < -0.4 is 9.80 Å². The summed E-state index contributed by atoms with van der Waals surface area (Å²) in [5, 5.41) is 11.9. The molecule has 0 saturated heterocycles. The first-order valence-electron chi connectivity index (χ1n) is 8.26. The van der Waals surface area contributed by atoms with Crippen molar-refractivity contribution in [3.8, 4) is 0 Å². The Labute approximate surface area is 164 Å². The number of nitro groups is 1. The molecular weight excluding hydrogens is 392 g/mol. The van der Waals surface area contributed by atoms with Crippen molar-refractivity contribution in [2.45, 2.75) is 6.42 Å². The SMILES string of the molecule is C[NH+](C)CCCN(C(=O)c1ccc([N+](=O)[O-])o1)c1nc2ccc(Cl)cc2s1. The van der Waals surface area contributed by atoms with Crippen LogP contribution in [-0.2, 0) is 0 Å². The van der Waals surface area contributed by atoms with Crippen molar-refractivity contribution >= 4 is 50.1 Å². The van der Waals surface area contributed by atoms with Crippen molar-refractivity contribution in [2.24, 2.45) is 0 Å². The van der Waals surface area contributed by atoms with Gasteiger partial charge in [-0.2, -0.15) is 0 Å². The van der Waals surface area contributed by atoms with Gasteiger partial charge in [0.05, 0.1) is 36.9 Å². The van der Waals surface area contributed by atoms with E-state index in [1.54, 1.807) is 18.2 Å². The first kappa shape index (κ1) is 19.3. The molecule has 1 aromatic carbocycles. The number of aromatic nitrogens is 1. The van der Waals surface area contributed by atoms with E-state index in [1.807, 2.05) is 14.1 Å².